The summed E-state index contributed by atoms with van der Waals surface area (Å²) in [4.78, 5) is 7.00. The number of hydrogen-bond acceptors (Lipinski definition) is 6. The maximum Gasteiger partial charge on any atom is 0.453 e. The molecule has 1 unspecified atom stereocenters. The van der Waals surface area contributed by atoms with Crippen LogP contribution < -0.4 is 4.90 Å². The van der Waals surface area contributed by atoms with E-state index in [1.54, 1.807) is 6.92 Å². The summed E-state index contributed by atoms with van der Waals surface area (Å²) in [6.45, 7) is 9.15. The molecule has 0 aromatic carbocycles. The van der Waals surface area contributed by atoms with E-state index < -0.39 is 12.0 Å². The van der Waals surface area contributed by atoms with Gasteiger partial charge in [-0.25, -0.2) is 0 Å². The fraction of sp³-hybridized carbons (Fsp3) is 0.737. The number of nitrogens with zero attached hydrogens (tertiary/aromatic N) is 7. The third-order valence-electron chi connectivity index (χ3n) is 6.38. The number of anilines is 1. The number of fused-ring (bicyclic) bond motifs is 1. The largest absolute Gasteiger partial charge is 0.453 e. The van der Waals surface area contributed by atoms with Crippen molar-refractivity contribution in [1.82, 2.24) is 29.6 Å². The van der Waals surface area contributed by atoms with E-state index in [2.05, 4.69) is 37.0 Å². The number of likely N-dealkylation sites (N-methyl/N-ethyl adjacent to an activating group) is 1. The number of piperidine rings is 1. The second-order valence-electron chi connectivity index (χ2n) is 8.25. The van der Waals surface area contributed by atoms with E-state index in [4.69, 9.17) is 0 Å². The highest BCUT2D eigenvalue weighted by Gasteiger charge is 2.38. The van der Waals surface area contributed by atoms with E-state index in [1.165, 1.54) is 19.3 Å². The zero-order chi connectivity index (χ0) is 20.8. The second-order valence-corrected chi connectivity index (χ2v) is 8.25. The molecule has 2 aromatic rings. The SMILES string of the molecule is Cc1c(N2CCN(CC3CCCCN3C)CC2)nn2c(C(F)(F)F)nnc2c1C. The smallest absolute Gasteiger partial charge is 0.352 e. The molecule has 1 atom stereocenters. The van der Waals surface area contributed by atoms with Gasteiger partial charge in [0, 0.05) is 49.9 Å². The van der Waals surface area contributed by atoms with E-state index >= 15 is 0 Å². The molecule has 0 amide bonds. The molecule has 0 spiro atoms. The molecule has 2 fully saturated rings. The molecule has 2 aromatic heterocycles. The Balaban J connectivity index is 1.51. The van der Waals surface area contributed by atoms with Crippen molar-refractivity contribution in [3.05, 3.63) is 17.0 Å². The van der Waals surface area contributed by atoms with Crippen LogP contribution in [0.15, 0.2) is 0 Å². The summed E-state index contributed by atoms with van der Waals surface area (Å²) in [5.41, 5.74) is 1.71. The van der Waals surface area contributed by atoms with Crippen LogP contribution in [0.5, 0.6) is 0 Å². The lowest BCUT2D eigenvalue weighted by Crippen LogP contribution is -2.52. The van der Waals surface area contributed by atoms with Gasteiger partial charge in [0.1, 0.15) is 0 Å². The predicted octanol–water partition coefficient (Wildman–Crippen LogP) is 2.37. The van der Waals surface area contributed by atoms with Crippen LogP contribution in [0.4, 0.5) is 19.0 Å². The third kappa shape index (κ3) is 3.92. The summed E-state index contributed by atoms with van der Waals surface area (Å²) in [6.07, 6.45) is -0.786. The van der Waals surface area contributed by atoms with Gasteiger partial charge in [-0.3, -0.25) is 4.90 Å². The number of aromatic nitrogens is 4. The van der Waals surface area contributed by atoms with Gasteiger partial charge in [-0.05, 0) is 40.3 Å². The lowest BCUT2D eigenvalue weighted by molar-refractivity contribution is -0.146. The Hall–Kier alpha value is -1.94. The van der Waals surface area contributed by atoms with E-state index in [0.29, 0.717) is 17.4 Å². The Labute approximate surface area is 168 Å². The molecule has 4 heterocycles. The predicted molar refractivity (Wildman–Crippen MR) is 104 cm³/mol. The van der Waals surface area contributed by atoms with Gasteiger partial charge in [0.25, 0.3) is 5.82 Å². The molecule has 10 heteroatoms. The fourth-order valence-corrected chi connectivity index (χ4v) is 4.41. The van der Waals surface area contributed by atoms with Gasteiger partial charge < -0.3 is 9.80 Å². The Bertz CT molecular complexity index is 871. The first-order valence-corrected chi connectivity index (χ1v) is 10.2. The first-order valence-electron chi connectivity index (χ1n) is 10.2. The van der Waals surface area contributed by atoms with Crippen LogP contribution in [-0.2, 0) is 6.18 Å². The number of alkyl halides is 3. The van der Waals surface area contributed by atoms with Crippen LogP contribution in [0.2, 0.25) is 0 Å². The number of rotatable bonds is 3. The number of piperazine rings is 1. The topological polar surface area (TPSA) is 52.8 Å². The fourth-order valence-electron chi connectivity index (χ4n) is 4.41. The van der Waals surface area contributed by atoms with Crippen molar-refractivity contribution in [1.29, 1.82) is 0 Å². The minimum atomic E-state index is -4.59. The number of likely N-dealkylation sites (tertiary alicyclic amines) is 1. The molecule has 7 nitrogen and oxygen atoms in total. The number of halogens is 3. The molecular formula is C19H28F3N7. The van der Waals surface area contributed by atoms with Crippen LogP contribution in [0, 0.1) is 13.8 Å². The first-order chi connectivity index (χ1) is 13.8. The monoisotopic (exact) mass is 411 g/mol. The summed E-state index contributed by atoms with van der Waals surface area (Å²) in [6, 6.07) is 0.597. The van der Waals surface area contributed by atoms with Crippen molar-refractivity contribution in [2.24, 2.45) is 0 Å². The third-order valence-corrected chi connectivity index (χ3v) is 6.38. The highest BCUT2D eigenvalue weighted by Crippen LogP contribution is 2.31. The van der Waals surface area contributed by atoms with Gasteiger partial charge in [-0.15, -0.1) is 15.3 Å². The van der Waals surface area contributed by atoms with Crippen LogP contribution >= 0.6 is 0 Å². The van der Waals surface area contributed by atoms with Crippen molar-refractivity contribution in [2.45, 2.75) is 45.3 Å². The van der Waals surface area contributed by atoms with Gasteiger partial charge in [-0.1, -0.05) is 6.42 Å². The van der Waals surface area contributed by atoms with Gasteiger partial charge >= 0.3 is 6.18 Å². The maximum absolute atomic E-state index is 13.3. The van der Waals surface area contributed by atoms with Crippen molar-refractivity contribution >= 4 is 11.5 Å². The molecule has 2 aliphatic rings. The molecule has 2 saturated heterocycles. The number of aryl methyl sites for hydroxylation is 1. The van der Waals surface area contributed by atoms with Crippen molar-refractivity contribution in [3.8, 4) is 0 Å². The Morgan fingerprint density at radius 3 is 2.34 bits per heavy atom. The average molecular weight is 411 g/mol. The standard InChI is InChI=1S/C19H28F3N7/c1-13-14(2)17(25-29-16(13)23-24-18(29)19(20,21)22)28-10-8-27(9-11-28)12-15-6-4-5-7-26(15)3/h15H,4-12H2,1-3H3. The van der Waals surface area contributed by atoms with Gasteiger partial charge in [-0.2, -0.15) is 17.7 Å². The molecule has 0 N–H and O–H groups in total. The molecule has 0 bridgehead atoms. The normalized spacial score (nSPS) is 22.6. The molecule has 2 aliphatic heterocycles. The highest BCUT2D eigenvalue weighted by molar-refractivity contribution is 5.59. The minimum absolute atomic E-state index is 0.164. The van der Waals surface area contributed by atoms with E-state index in [0.717, 1.165) is 49.3 Å². The van der Waals surface area contributed by atoms with Crippen LogP contribution in [0.25, 0.3) is 5.65 Å². The molecule has 0 saturated carbocycles. The molecular weight excluding hydrogens is 383 g/mol. The van der Waals surface area contributed by atoms with Crippen molar-refractivity contribution in [2.75, 3.05) is 51.2 Å². The first kappa shape index (κ1) is 20.3. The zero-order valence-electron chi connectivity index (χ0n) is 17.2. The van der Waals surface area contributed by atoms with Gasteiger partial charge in [0.2, 0.25) is 0 Å². The lowest BCUT2D eigenvalue weighted by Gasteiger charge is -2.40. The molecule has 4 rings (SSSR count). The van der Waals surface area contributed by atoms with E-state index in [-0.39, 0.29) is 5.65 Å². The highest BCUT2D eigenvalue weighted by atomic mass is 19.4. The van der Waals surface area contributed by atoms with Crippen molar-refractivity contribution in [3.63, 3.8) is 0 Å². The Kier molecular flexibility index (Phi) is 5.41. The summed E-state index contributed by atoms with van der Waals surface area (Å²) in [5.74, 6) is -0.481. The van der Waals surface area contributed by atoms with Crippen LogP contribution in [0.3, 0.4) is 0 Å². The maximum atomic E-state index is 13.3. The average Bonchev–Trinajstić information content (AvgIpc) is 3.12. The van der Waals surface area contributed by atoms with Crippen LogP contribution in [-0.4, -0.2) is 82.0 Å². The molecule has 0 aliphatic carbocycles. The van der Waals surface area contributed by atoms with E-state index in [1.807, 2.05) is 6.92 Å². The molecule has 160 valence electrons. The van der Waals surface area contributed by atoms with Crippen LogP contribution in [0.1, 0.15) is 36.2 Å². The zero-order valence-corrected chi connectivity index (χ0v) is 17.2. The lowest BCUT2D eigenvalue weighted by atomic mass is 10.0. The Morgan fingerprint density at radius 2 is 1.69 bits per heavy atom. The summed E-state index contributed by atoms with van der Waals surface area (Å²) >= 11 is 0. The quantitative estimate of drug-likeness (QED) is 0.773. The summed E-state index contributed by atoms with van der Waals surface area (Å²) in [7, 11) is 2.20. The number of hydrogen-bond donors (Lipinski definition) is 0. The molecule has 0 radical (unpaired) electrons. The molecule has 29 heavy (non-hydrogen) atoms. The van der Waals surface area contributed by atoms with Gasteiger partial charge in [0.05, 0.1) is 0 Å². The second kappa shape index (κ2) is 7.71. The summed E-state index contributed by atoms with van der Waals surface area (Å²) in [5, 5.41) is 11.4. The summed E-state index contributed by atoms with van der Waals surface area (Å²) < 4.78 is 40.7. The van der Waals surface area contributed by atoms with Crippen molar-refractivity contribution < 1.29 is 13.2 Å². The van der Waals surface area contributed by atoms with Gasteiger partial charge in [0.15, 0.2) is 11.5 Å². The van der Waals surface area contributed by atoms with E-state index in [9.17, 15) is 13.2 Å². The Morgan fingerprint density at radius 1 is 0.966 bits per heavy atom. The minimum Gasteiger partial charge on any atom is -0.352 e.